The molecule has 2 aliphatic carbocycles. The van der Waals surface area contributed by atoms with E-state index in [-0.39, 0.29) is 0 Å². The highest BCUT2D eigenvalue weighted by atomic mass is 15.3. The second-order valence-electron chi connectivity index (χ2n) is 7.86. The molecule has 3 unspecified atom stereocenters. The third-order valence-corrected chi connectivity index (χ3v) is 5.94. The molecule has 2 aliphatic heterocycles. The highest BCUT2D eigenvalue weighted by Gasteiger charge is 2.41. The molecule has 20 heavy (non-hydrogen) atoms. The summed E-state index contributed by atoms with van der Waals surface area (Å²) in [5, 5.41) is 3.71. The zero-order valence-electron chi connectivity index (χ0n) is 13.1. The van der Waals surface area contributed by atoms with Gasteiger partial charge in [0.1, 0.15) is 0 Å². The standard InChI is InChI=1S/C17H31N3/c1-13-9-17(12-20(13)16-6-7-16)19(10-14-4-5-14)11-15-3-2-8-18-15/h13-18H,2-12H2,1H3. The smallest absolute Gasteiger partial charge is 0.0238 e. The summed E-state index contributed by atoms with van der Waals surface area (Å²) >= 11 is 0. The predicted molar refractivity (Wildman–Crippen MR) is 82.9 cm³/mol. The topological polar surface area (TPSA) is 18.5 Å². The summed E-state index contributed by atoms with van der Waals surface area (Å²) in [6.45, 7) is 7.75. The first-order chi connectivity index (χ1) is 9.79. The van der Waals surface area contributed by atoms with Crippen LogP contribution in [0.25, 0.3) is 0 Å². The molecule has 0 aromatic carbocycles. The number of likely N-dealkylation sites (tertiary alicyclic amines) is 1. The second-order valence-corrected chi connectivity index (χ2v) is 7.86. The third kappa shape index (κ3) is 3.05. The minimum absolute atomic E-state index is 0.777. The molecule has 0 aromatic rings. The van der Waals surface area contributed by atoms with Gasteiger partial charge in [-0.05, 0) is 64.3 Å². The van der Waals surface area contributed by atoms with Gasteiger partial charge in [0.15, 0.2) is 0 Å². The molecule has 4 rings (SSSR count). The molecule has 4 fully saturated rings. The summed E-state index contributed by atoms with van der Waals surface area (Å²) in [7, 11) is 0. The van der Waals surface area contributed by atoms with E-state index in [1.165, 1.54) is 71.1 Å². The molecule has 114 valence electrons. The number of hydrogen-bond donors (Lipinski definition) is 1. The fraction of sp³-hybridized carbons (Fsp3) is 1.00. The predicted octanol–water partition coefficient (Wildman–Crippen LogP) is 2.08. The normalized spacial score (nSPS) is 39.0. The van der Waals surface area contributed by atoms with Crippen molar-refractivity contribution in [1.82, 2.24) is 15.1 Å². The quantitative estimate of drug-likeness (QED) is 0.802. The number of hydrogen-bond acceptors (Lipinski definition) is 3. The molecular formula is C17H31N3. The van der Waals surface area contributed by atoms with Crippen LogP contribution in [0.3, 0.4) is 0 Å². The van der Waals surface area contributed by atoms with Gasteiger partial charge in [0.2, 0.25) is 0 Å². The van der Waals surface area contributed by atoms with Crippen molar-refractivity contribution in [2.45, 2.75) is 76.0 Å². The maximum absolute atomic E-state index is 3.71. The van der Waals surface area contributed by atoms with E-state index in [4.69, 9.17) is 0 Å². The molecule has 3 atom stereocenters. The average molecular weight is 277 g/mol. The van der Waals surface area contributed by atoms with E-state index in [9.17, 15) is 0 Å². The Morgan fingerprint density at radius 3 is 2.60 bits per heavy atom. The van der Waals surface area contributed by atoms with Gasteiger partial charge in [0.05, 0.1) is 0 Å². The van der Waals surface area contributed by atoms with Crippen LogP contribution in [0.4, 0.5) is 0 Å². The Balaban J connectivity index is 1.37. The highest BCUT2D eigenvalue weighted by molar-refractivity contribution is 4.98. The van der Waals surface area contributed by atoms with E-state index in [0.29, 0.717) is 0 Å². The Labute approximate surface area is 124 Å². The first kappa shape index (κ1) is 13.5. The van der Waals surface area contributed by atoms with Crippen molar-refractivity contribution in [3.63, 3.8) is 0 Å². The molecule has 4 aliphatic rings. The van der Waals surface area contributed by atoms with E-state index in [0.717, 1.165) is 30.1 Å². The largest absolute Gasteiger partial charge is 0.313 e. The monoisotopic (exact) mass is 277 g/mol. The molecule has 0 radical (unpaired) electrons. The van der Waals surface area contributed by atoms with Gasteiger partial charge in [-0.3, -0.25) is 9.80 Å². The minimum atomic E-state index is 0.777. The zero-order valence-corrected chi connectivity index (χ0v) is 13.1. The van der Waals surface area contributed by atoms with Crippen molar-refractivity contribution in [1.29, 1.82) is 0 Å². The summed E-state index contributed by atoms with van der Waals surface area (Å²) < 4.78 is 0. The van der Waals surface area contributed by atoms with Gasteiger partial charge in [-0.2, -0.15) is 0 Å². The molecule has 3 heteroatoms. The fourth-order valence-electron chi connectivity index (χ4n) is 4.41. The van der Waals surface area contributed by atoms with Crippen molar-refractivity contribution < 1.29 is 0 Å². The lowest BCUT2D eigenvalue weighted by molar-refractivity contribution is 0.168. The van der Waals surface area contributed by atoms with Crippen molar-refractivity contribution in [2.75, 3.05) is 26.2 Å². The lowest BCUT2D eigenvalue weighted by Crippen LogP contribution is -2.45. The Hall–Kier alpha value is -0.120. The Bertz CT molecular complexity index is 331. The molecule has 0 bridgehead atoms. The molecule has 0 spiro atoms. The minimum Gasteiger partial charge on any atom is -0.313 e. The van der Waals surface area contributed by atoms with Crippen LogP contribution in [-0.2, 0) is 0 Å². The van der Waals surface area contributed by atoms with E-state index < -0.39 is 0 Å². The lowest BCUT2D eigenvalue weighted by Gasteiger charge is -2.31. The SMILES string of the molecule is CC1CC(N(CC2CC2)CC2CCCN2)CN1C1CC1. The van der Waals surface area contributed by atoms with Gasteiger partial charge in [-0.1, -0.05) is 0 Å². The number of rotatable bonds is 6. The van der Waals surface area contributed by atoms with Gasteiger partial charge in [-0.15, -0.1) is 0 Å². The van der Waals surface area contributed by atoms with Crippen molar-refractivity contribution in [3.8, 4) is 0 Å². The molecule has 2 saturated carbocycles. The first-order valence-electron chi connectivity index (χ1n) is 9.03. The van der Waals surface area contributed by atoms with Crippen LogP contribution in [0.1, 0.15) is 51.9 Å². The molecular weight excluding hydrogens is 246 g/mol. The Morgan fingerprint density at radius 1 is 1.10 bits per heavy atom. The van der Waals surface area contributed by atoms with Gasteiger partial charge in [0, 0.05) is 43.8 Å². The molecule has 3 nitrogen and oxygen atoms in total. The summed E-state index contributed by atoms with van der Waals surface area (Å²) in [4.78, 5) is 5.69. The van der Waals surface area contributed by atoms with Crippen LogP contribution in [0.5, 0.6) is 0 Å². The van der Waals surface area contributed by atoms with Gasteiger partial charge in [-0.25, -0.2) is 0 Å². The van der Waals surface area contributed by atoms with Crippen LogP contribution in [0.2, 0.25) is 0 Å². The summed E-state index contributed by atoms with van der Waals surface area (Å²) in [6, 6.07) is 3.39. The van der Waals surface area contributed by atoms with Crippen LogP contribution >= 0.6 is 0 Å². The van der Waals surface area contributed by atoms with Crippen LogP contribution in [-0.4, -0.2) is 60.1 Å². The zero-order chi connectivity index (χ0) is 13.5. The van der Waals surface area contributed by atoms with E-state index >= 15 is 0 Å². The van der Waals surface area contributed by atoms with E-state index in [2.05, 4.69) is 22.0 Å². The van der Waals surface area contributed by atoms with Crippen molar-refractivity contribution >= 4 is 0 Å². The number of nitrogens with one attached hydrogen (secondary N) is 1. The van der Waals surface area contributed by atoms with E-state index in [1.807, 2.05) is 0 Å². The molecule has 0 amide bonds. The second kappa shape index (κ2) is 5.58. The Kier molecular flexibility index (Phi) is 3.78. The third-order valence-electron chi connectivity index (χ3n) is 5.94. The fourth-order valence-corrected chi connectivity index (χ4v) is 4.41. The summed E-state index contributed by atoms with van der Waals surface area (Å²) in [5.41, 5.74) is 0. The highest BCUT2D eigenvalue weighted by Crippen LogP contribution is 2.36. The van der Waals surface area contributed by atoms with E-state index in [1.54, 1.807) is 0 Å². The van der Waals surface area contributed by atoms with Crippen LogP contribution < -0.4 is 5.32 Å². The van der Waals surface area contributed by atoms with Crippen molar-refractivity contribution in [3.05, 3.63) is 0 Å². The molecule has 0 aromatic heterocycles. The van der Waals surface area contributed by atoms with Gasteiger partial charge in [0.25, 0.3) is 0 Å². The molecule has 2 saturated heterocycles. The first-order valence-corrected chi connectivity index (χ1v) is 9.03. The molecule has 2 heterocycles. The summed E-state index contributed by atoms with van der Waals surface area (Å²) in [6.07, 6.45) is 10.1. The summed E-state index contributed by atoms with van der Waals surface area (Å²) in [5.74, 6) is 1.03. The maximum atomic E-state index is 3.71. The maximum Gasteiger partial charge on any atom is 0.0238 e. The van der Waals surface area contributed by atoms with Crippen molar-refractivity contribution in [2.24, 2.45) is 5.92 Å². The van der Waals surface area contributed by atoms with Crippen LogP contribution in [0, 0.1) is 5.92 Å². The molecule has 1 N–H and O–H groups in total. The van der Waals surface area contributed by atoms with Gasteiger partial charge < -0.3 is 5.32 Å². The lowest BCUT2D eigenvalue weighted by atomic mass is 10.1. The number of nitrogens with zero attached hydrogens (tertiary/aromatic N) is 2. The average Bonchev–Trinajstić information content (AvgIpc) is 3.35. The van der Waals surface area contributed by atoms with Crippen LogP contribution in [0.15, 0.2) is 0 Å². The van der Waals surface area contributed by atoms with Gasteiger partial charge >= 0.3 is 0 Å². The Morgan fingerprint density at radius 2 is 1.95 bits per heavy atom.